The molecule has 132 valence electrons. The van der Waals surface area contributed by atoms with Crippen LogP contribution >= 0.6 is 0 Å². The van der Waals surface area contributed by atoms with Crippen LogP contribution in [0.15, 0.2) is 51.7 Å². The Kier molecular flexibility index (Phi) is 6.06. The van der Waals surface area contributed by atoms with E-state index in [1.54, 1.807) is 31.2 Å². The molecule has 0 radical (unpaired) electrons. The van der Waals surface area contributed by atoms with Gasteiger partial charge in [0.15, 0.2) is 11.3 Å². The van der Waals surface area contributed by atoms with Crippen molar-refractivity contribution in [3.05, 3.63) is 58.4 Å². The van der Waals surface area contributed by atoms with Crippen LogP contribution in [0.3, 0.4) is 0 Å². The van der Waals surface area contributed by atoms with Crippen LogP contribution in [-0.2, 0) is 0 Å². The van der Waals surface area contributed by atoms with Crippen molar-refractivity contribution >= 4 is 11.0 Å². The van der Waals surface area contributed by atoms with Crippen molar-refractivity contribution in [2.45, 2.75) is 20.8 Å². The number of methoxy groups -OCH3 is 2. The summed E-state index contributed by atoms with van der Waals surface area (Å²) in [6, 6.07) is 12.4. The van der Waals surface area contributed by atoms with Crippen LogP contribution in [0.2, 0.25) is 0 Å². The quantitative estimate of drug-likeness (QED) is 0.672. The predicted molar refractivity (Wildman–Crippen MR) is 98.2 cm³/mol. The third-order valence-electron chi connectivity index (χ3n) is 3.49. The predicted octanol–water partition coefficient (Wildman–Crippen LogP) is 4.94. The van der Waals surface area contributed by atoms with Gasteiger partial charge in [0.25, 0.3) is 0 Å². The van der Waals surface area contributed by atoms with Crippen LogP contribution in [0.25, 0.3) is 11.0 Å². The summed E-state index contributed by atoms with van der Waals surface area (Å²) in [6.45, 7) is 5.68. The van der Waals surface area contributed by atoms with Gasteiger partial charge in [-0.1, -0.05) is 32.0 Å². The first-order valence-electron chi connectivity index (χ1n) is 8.07. The number of para-hydroxylation sites is 1. The lowest BCUT2D eigenvalue weighted by Gasteiger charge is -2.12. The van der Waals surface area contributed by atoms with Crippen LogP contribution in [0, 0.1) is 6.92 Å². The van der Waals surface area contributed by atoms with Gasteiger partial charge in [-0.25, -0.2) is 0 Å². The van der Waals surface area contributed by atoms with Crippen LogP contribution in [0.4, 0.5) is 0 Å². The molecule has 0 N–H and O–H groups in total. The SMILES string of the molecule is CC.COc1ccc2c(=O)c(Oc3ccccc3)c(C)oc2c1OC. The van der Waals surface area contributed by atoms with E-state index in [1.165, 1.54) is 14.2 Å². The van der Waals surface area contributed by atoms with Gasteiger partial charge in [0.05, 0.1) is 19.6 Å². The molecule has 0 atom stereocenters. The maximum absolute atomic E-state index is 12.7. The first-order chi connectivity index (χ1) is 12.2. The fraction of sp³-hybridized carbons (Fsp3) is 0.250. The van der Waals surface area contributed by atoms with Crippen LogP contribution in [-0.4, -0.2) is 14.2 Å². The molecule has 25 heavy (non-hydrogen) atoms. The van der Waals surface area contributed by atoms with E-state index in [0.717, 1.165) is 0 Å². The molecule has 0 aliphatic heterocycles. The van der Waals surface area contributed by atoms with Crippen molar-refractivity contribution < 1.29 is 18.6 Å². The van der Waals surface area contributed by atoms with Gasteiger partial charge in [-0.15, -0.1) is 0 Å². The first kappa shape index (κ1) is 18.4. The molecule has 0 unspecified atom stereocenters. The molecule has 5 nitrogen and oxygen atoms in total. The molecule has 0 saturated carbocycles. The maximum Gasteiger partial charge on any atom is 0.235 e. The van der Waals surface area contributed by atoms with E-state index in [1.807, 2.05) is 32.0 Å². The second-order valence-electron chi connectivity index (χ2n) is 4.91. The number of hydrogen-bond acceptors (Lipinski definition) is 5. The summed E-state index contributed by atoms with van der Waals surface area (Å²) in [7, 11) is 3.03. The monoisotopic (exact) mass is 342 g/mol. The lowest BCUT2D eigenvalue weighted by atomic mass is 10.2. The normalized spacial score (nSPS) is 9.96. The fourth-order valence-corrected chi connectivity index (χ4v) is 2.38. The van der Waals surface area contributed by atoms with E-state index in [0.29, 0.717) is 34.0 Å². The standard InChI is InChI=1S/C18H16O5.C2H6/c1-11-16(23-12-7-5-4-6-8-12)15(19)13-9-10-14(20-2)18(21-3)17(13)22-11;1-2/h4-10H,1-3H3;1-2H3. The van der Waals surface area contributed by atoms with E-state index in [4.69, 9.17) is 18.6 Å². The molecule has 3 aromatic rings. The van der Waals surface area contributed by atoms with Crippen molar-refractivity contribution in [3.63, 3.8) is 0 Å². The van der Waals surface area contributed by atoms with E-state index in [2.05, 4.69) is 0 Å². The number of hydrogen-bond donors (Lipinski definition) is 0. The summed E-state index contributed by atoms with van der Waals surface area (Å²) in [6.07, 6.45) is 0. The zero-order valence-corrected chi connectivity index (χ0v) is 15.1. The molecule has 0 bridgehead atoms. The molecule has 1 aromatic heterocycles. The molecule has 3 rings (SSSR count). The molecule has 0 aliphatic carbocycles. The Labute approximate surface area is 146 Å². The Morgan fingerprint density at radius 1 is 0.880 bits per heavy atom. The fourth-order valence-electron chi connectivity index (χ4n) is 2.38. The molecule has 0 saturated heterocycles. The average molecular weight is 342 g/mol. The highest BCUT2D eigenvalue weighted by Gasteiger charge is 2.19. The number of benzene rings is 2. The average Bonchev–Trinajstić information content (AvgIpc) is 2.66. The Balaban J connectivity index is 0.00000109. The van der Waals surface area contributed by atoms with Gasteiger partial charge in [0.2, 0.25) is 16.9 Å². The molecule has 0 aliphatic rings. The van der Waals surface area contributed by atoms with Crippen LogP contribution in [0.5, 0.6) is 23.0 Å². The Bertz CT molecular complexity index is 897. The molecule has 0 fully saturated rings. The zero-order chi connectivity index (χ0) is 18.4. The van der Waals surface area contributed by atoms with Crippen molar-refractivity contribution in [3.8, 4) is 23.0 Å². The highest BCUT2D eigenvalue weighted by molar-refractivity contribution is 5.86. The van der Waals surface area contributed by atoms with Gasteiger partial charge in [0.1, 0.15) is 11.5 Å². The summed E-state index contributed by atoms with van der Waals surface area (Å²) in [5, 5.41) is 0.374. The Morgan fingerprint density at radius 2 is 1.56 bits per heavy atom. The minimum Gasteiger partial charge on any atom is -0.493 e. The van der Waals surface area contributed by atoms with Gasteiger partial charge in [-0.3, -0.25) is 4.79 Å². The molecule has 0 spiro atoms. The molecule has 5 heteroatoms. The van der Waals surface area contributed by atoms with Crippen molar-refractivity contribution in [2.24, 2.45) is 0 Å². The molecular formula is C20H22O5. The third kappa shape index (κ3) is 3.60. The minimum atomic E-state index is -0.256. The van der Waals surface area contributed by atoms with E-state index < -0.39 is 0 Å². The van der Waals surface area contributed by atoms with E-state index >= 15 is 0 Å². The Hall–Kier alpha value is -2.95. The van der Waals surface area contributed by atoms with Gasteiger partial charge in [-0.2, -0.15) is 0 Å². The van der Waals surface area contributed by atoms with Crippen molar-refractivity contribution in [1.29, 1.82) is 0 Å². The second-order valence-corrected chi connectivity index (χ2v) is 4.91. The number of aryl methyl sites for hydroxylation is 1. The Morgan fingerprint density at radius 3 is 2.16 bits per heavy atom. The van der Waals surface area contributed by atoms with Gasteiger partial charge >= 0.3 is 0 Å². The second kappa shape index (κ2) is 8.24. The summed E-state index contributed by atoms with van der Waals surface area (Å²) in [5.74, 6) is 1.99. The first-order valence-corrected chi connectivity index (χ1v) is 8.07. The van der Waals surface area contributed by atoms with Crippen LogP contribution in [0.1, 0.15) is 19.6 Å². The summed E-state index contributed by atoms with van der Waals surface area (Å²) in [4.78, 5) is 12.7. The number of ether oxygens (including phenoxy) is 3. The van der Waals surface area contributed by atoms with Gasteiger partial charge in [-0.05, 0) is 31.2 Å². The lowest BCUT2D eigenvalue weighted by molar-refractivity contribution is 0.350. The number of fused-ring (bicyclic) bond motifs is 1. The molecule has 0 amide bonds. The third-order valence-corrected chi connectivity index (χ3v) is 3.49. The summed E-state index contributed by atoms with van der Waals surface area (Å²) >= 11 is 0. The highest BCUT2D eigenvalue weighted by atomic mass is 16.5. The van der Waals surface area contributed by atoms with E-state index in [9.17, 15) is 4.79 Å². The summed E-state index contributed by atoms with van der Waals surface area (Å²) in [5.41, 5.74) is 0.0864. The lowest BCUT2D eigenvalue weighted by Crippen LogP contribution is -2.08. The van der Waals surface area contributed by atoms with Crippen molar-refractivity contribution in [2.75, 3.05) is 14.2 Å². The largest absolute Gasteiger partial charge is 0.493 e. The minimum absolute atomic E-state index is 0.163. The maximum atomic E-state index is 12.7. The highest BCUT2D eigenvalue weighted by Crippen LogP contribution is 2.36. The van der Waals surface area contributed by atoms with Gasteiger partial charge in [0, 0.05) is 0 Å². The summed E-state index contributed by atoms with van der Waals surface area (Å²) < 4.78 is 22.0. The molecular weight excluding hydrogens is 320 g/mol. The zero-order valence-electron chi connectivity index (χ0n) is 15.1. The molecule has 2 aromatic carbocycles. The van der Waals surface area contributed by atoms with Crippen molar-refractivity contribution in [1.82, 2.24) is 0 Å². The van der Waals surface area contributed by atoms with Crippen LogP contribution < -0.4 is 19.6 Å². The smallest absolute Gasteiger partial charge is 0.235 e. The number of rotatable bonds is 4. The molecule has 1 heterocycles. The van der Waals surface area contributed by atoms with Gasteiger partial charge < -0.3 is 18.6 Å². The topological polar surface area (TPSA) is 57.9 Å². The van der Waals surface area contributed by atoms with E-state index in [-0.39, 0.29) is 11.2 Å².